The zero-order valence-corrected chi connectivity index (χ0v) is 15.9. The molecule has 0 amide bonds. The molecule has 28 heavy (non-hydrogen) atoms. The van der Waals surface area contributed by atoms with Gasteiger partial charge in [0.1, 0.15) is 5.56 Å². The number of hydrogen-bond acceptors (Lipinski definition) is 5. The van der Waals surface area contributed by atoms with Crippen molar-refractivity contribution in [3.8, 4) is 5.69 Å². The number of pyridine rings is 1. The average Bonchev–Trinajstić information content (AvgIpc) is 2.74. The van der Waals surface area contributed by atoms with Gasteiger partial charge in [-0.3, -0.25) is 9.36 Å². The number of piperazine rings is 1. The van der Waals surface area contributed by atoms with Crippen LogP contribution in [0.25, 0.3) is 16.6 Å². The normalized spacial score (nSPS) is 14.2. The van der Waals surface area contributed by atoms with E-state index in [1.54, 1.807) is 11.5 Å². The van der Waals surface area contributed by atoms with Crippen molar-refractivity contribution in [1.29, 1.82) is 0 Å². The van der Waals surface area contributed by atoms with Crippen LogP contribution >= 0.6 is 0 Å². The fraction of sp³-hybridized carbons (Fsp3) is 0.273. The SMILES string of the molecule is CCOC(=O)c1c(N2CCNCC2)c2ccccc2n(-c2ccccc2)c1=O. The zero-order chi connectivity index (χ0) is 19.5. The predicted octanol–water partition coefficient (Wildman–Crippen LogP) is 2.58. The van der Waals surface area contributed by atoms with Crippen LogP contribution in [0.2, 0.25) is 0 Å². The number of ether oxygens (including phenoxy) is 1. The van der Waals surface area contributed by atoms with Crippen LogP contribution in [0.15, 0.2) is 59.4 Å². The number of nitrogens with zero attached hydrogens (tertiary/aromatic N) is 2. The molecule has 6 heteroatoms. The third-order valence-electron chi connectivity index (χ3n) is 4.98. The number of anilines is 1. The first-order valence-corrected chi connectivity index (χ1v) is 9.58. The summed E-state index contributed by atoms with van der Waals surface area (Å²) in [6.07, 6.45) is 0. The minimum absolute atomic E-state index is 0.103. The largest absolute Gasteiger partial charge is 0.462 e. The van der Waals surface area contributed by atoms with Crippen molar-refractivity contribution in [2.24, 2.45) is 0 Å². The molecule has 1 fully saturated rings. The summed E-state index contributed by atoms with van der Waals surface area (Å²) in [6.45, 7) is 5.03. The smallest absolute Gasteiger partial charge is 0.345 e. The van der Waals surface area contributed by atoms with Crippen LogP contribution in [0.3, 0.4) is 0 Å². The molecule has 1 aliphatic rings. The Morgan fingerprint density at radius 1 is 1.04 bits per heavy atom. The van der Waals surface area contributed by atoms with Crippen molar-refractivity contribution in [3.63, 3.8) is 0 Å². The lowest BCUT2D eigenvalue weighted by Crippen LogP contribution is -2.45. The van der Waals surface area contributed by atoms with Crippen molar-refractivity contribution in [1.82, 2.24) is 9.88 Å². The molecule has 1 aliphatic heterocycles. The number of para-hydroxylation sites is 2. The molecule has 1 saturated heterocycles. The van der Waals surface area contributed by atoms with Gasteiger partial charge in [-0.15, -0.1) is 0 Å². The van der Waals surface area contributed by atoms with E-state index in [-0.39, 0.29) is 17.7 Å². The Bertz CT molecular complexity index is 1050. The van der Waals surface area contributed by atoms with Crippen LogP contribution < -0.4 is 15.8 Å². The summed E-state index contributed by atoms with van der Waals surface area (Å²) in [5, 5.41) is 4.19. The Kier molecular flexibility index (Phi) is 5.12. The molecule has 0 spiro atoms. The fourth-order valence-corrected chi connectivity index (χ4v) is 3.76. The number of esters is 1. The summed E-state index contributed by atoms with van der Waals surface area (Å²) in [5.74, 6) is -0.573. The van der Waals surface area contributed by atoms with E-state index in [2.05, 4.69) is 10.2 Å². The Labute approximate surface area is 163 Å². The van der Waals surface area contributed by atoms with E-state index in [4.69, 9.17) is 4.74 Å². The molecule has 6 nitrogen and oxygen atoms in total. The van der Waals surface area contributed by atoms with Crippen LogP contribution in [0, 0.1) is 0 Å². The number of hydrogen-bond donors (Lipinski definition) is 1. The minimum Gasteiger partial charge on any atom is -0.462 e. The van der Waals surface area contributed by atoms with Crippen LogP contribution in [-0.4, -0.2) is 43.3 Å². The standard InChI is InChI=1S/C22H23N3O3/c1-2-28-22(27)19-20(24-14-12-23-13-15-24)17-10-6-7-11-18(17)25(21(19)26)16-8-4-3-5-9-16/h3-11,23H,2,12-15H2,1H3. The Balaban J connectivity index is 2.08. The Morgan fingerprint density at radius 2 is 1.71 bits per heavy atom. The summed E-state index contributed by atoms with van der Waals surface area (Å²) in [7, 11) is 0. The van der Waals surface area contributed by atoms with Gasteiger partial charge in [-0.2, -0.15) is 0 Å². The number of fused-ring (bicyclic) bond motifs is 1. The predicted molar refractivity (Wildman–Crippen MR) is 111 cm³/mol. The van der Waals surface area contributed by atoms with Crippen LogP contribution in [0.4, 0.5) is 5.69 Å². The van der Waals surface area contributed by atoms with Crippen molar-refractivity contribution in [2.45, 2.75) is 6.92 Å². The zero-order valence-electron chi connectivity index (χ0n) is 15.9. The molecule has 1 N–H and O–H groups in total. The number of benzene rings is 2. The van der Waals surface area contributed by atoms with Crippen molar-refractivity contribution < 1.29 is 9.53 Å². The van der Waals surface area contributed by atoms with E-state index < -0.39 is 5.97 Å². The van der Waals surface area contributed by atoms with Crippen molar-refractivity contribution >= 4 is 22.6 Å². The van der Waals surface area contributed by atoms with Gasteiger partial charge in [0, 0.05) is 37.3 Å². The molecule has 1 aromatic heterocycles. The van der Waals surface area contributed by atoms with Crippen molar-refractivity contribution in [2.75, 3.05) is 37.7 Å². The van der Waals surface area contributed by atoms with Crippen LogP contribution in [0.1, 0.15) is 17.3 Å². The van der Waals surface area contributed by atoms with Gasteiger partial charge in [0.05, 0.1) is 17.8 Å². The first-order valence-electron chi connectivity index (χ1n) is 9.58. The molecule has 0 saturated carbocycles. The highest BCUT2D eigenvalue weighted by Crippen LogP contribution is 2.31. The van der Waals surface area contributed by atoms with E-state index in [0.29, 0.717) is 5.69 Å². The van der Waals surface area contributed by atoms with Crippen molar-refractivity contribution in [3.05, 3.63) is 70.5 Å². The summed E-state index contributed by atoms with van der Waals surface area (Å²) in [5.41, 5.74) is 1.93. The monoisotopic (exact) mass is 377 g/mol. The molecule has 0 radical (unpaired) electrons. The molecule has 0 atom stereocenters. The number of rotatable bonds is 4. The molecule has 2 heterocycles. The highest BCUT2D eigenvalue weighted by atomic mass is 16.5. The lowest BCUT2D eigenvalue weighted by molar-refractivity contribution is 0.0525. The number of nitrogens with one attached hydrogen (secondary N) is 1. The minimum atomic E-state index is -0.573. The van der Waals surface area contributed by atoms with Gasteiger partial charge >= 0.3 is 5.97 Å². The molecule has 2 aromatic carbocycles. The molecular weight excluding hydrogens is 354 g/mol. The third-order valence-corrected chi connectivity index (χ3v) is 4.98. The highest BCUT2D eigenvalue weighted by Gasteiger charge is 2.28. The first-order chi connectivity index (χ1) is 13.7. The van der Waals surface area contributed by atoms with Gasteiger partial charge < -0.3 is 15.0 Å². The summed E-state index contributed by atoms with van der Waals surface area (Å²) >= 11 is 0. The average molecular weight is 377 g/mol. The summed E-state index contributed by atoms with van der Waals surface area (Å²) in [6, 6.07) is 17.1. The molecule has 0 aliphatic carbocycles. The molecular formula is C22H23N3O3. The van der Waals surface area contributed by atoms with E-state index >= 15 is 0 Å². The fourth-order valence-electron chi connectivity index (χ4n) is 3.76. The molecule has 144 valence electrons. The quantitative estimate of drug-likeness (QED) is 0.708. The molecule has 3 aromatic rings. The van der Waals surface area contributed by atoms with E-state index in [1.165, 1.54) is 0 Å². The van der Waals surface area contributed by atoms with Gasteiger partial charge in [0.15, 0.2) is 0 Å². The summed E-state index contributed by atoms with van der Waals surface area (Å²) < 4.78 is 6.89. The van der Waals surface area contributed by atoms with Gasteiger partial charge in [-0.1, -0.05) is 36.4 Å². The maximum atomic E-state index is 13.6. The maximum Gasteiger partial charge on any atom is 0.345 e. The maximum absolute atomic E-state index is 13.6. The van der Waals surface area contributed by atoms with E-state index in [9.17, 15) is 9.59 Å². The van der Waals surface area contributed by atoms with Gasteiger partial charge in [0.2, 0.25) is 0 Å². The lowest BCUT2D eigenvalue weighted by Gasteiger charge is -2.32. The van der Waals surface area contributed by atoms with Crippen LogP contribution in [0.5, 0.6) is 0 Å². The number of carbonyl (C=O) groups excluding carboxylic acids is 1. The summed E-state index contributed by atoms with van der Waals surface area (Å²) in [4.78, 5) is 28.6. The molecule has 0 bridgehead atoms. The van der Waals surface area contributed by atoms with Crippen LogP contribution in [-0.2, 0) is 4.74 Å². The van der Waals surface area contributed by atoms with Gasteiger partial charge in [0.25, 0.3) is 5.56 Å². The Morgan fingerprint density at radius 3 is 2.43 bits per heavy atom. The molecule has 4 rings (SSSR count). The number of aromatic nitrogens is 1. The van der Waals surface area contributed by atoms with E-state index in [0.717, 1.165) is 42.8 Å². The third kappa shape index (κ3) is 3.16. The molecule has 0 unspecified atom stereocenters. The second-order valence-electron chi connectivity index (χ2n) is 6.67. The van der Waals surface area contributed by atoms with E-state index in [1.807, 2.05) is 54.6 Å². The Hall–Kier alpha value is -3.12. The second kappa shape index (κ2) is 7.86. The lowest BCUT2D eigenvalue weighted by atomic mass is 10.1. The topological polar surface area (TPSA) is 63.6 Å². The highest BCUT2D eigenvalue weighted by molar-refractivity contribution is 6.06. The van der Waals surface area contributed by atoms with Gasteiger partial charge in [-0.05, 0) is 25.1 Å². The first kappa shape index (κ1) is 18.3. The second-order valence-corrected chi connectivity index (χ2v) is 6.67. The van der Waals surface area contributed by atoms with Gasteiger partial charge in [-0.25, -0.2) is 4.79 Å². The number of carbonyl (C=O) groups is 1.